The number of nitriles is 1. The van der Waals surface area contributed by atoms with Crippen LogP contribution in [0.4, 0.5) is 0 Å². The molecule has 0 unspecified atom stereocenters. The second kappa shape index (κ2) is 5.83. The van der Waals surface area contributed by atoms with E-state index < -0.39 is 0 Å². The normalized spacial score (nSPS) is 9.89. The van der Waals surface area contributed by atoms with Crippen LogP contribution < -0.4 is 5.32 Å². The van der Waals surface area contributed by atoms with E-state index in [2.05, 4.69) is 10.3 Å². The van der Waals surface area contributed by atoms with Gasteiger partial charge < -0.3 is 9.88 Å². The van der Waals surface area contributed by atoms with E-state index in [9.17, 15) is 4.79 Å². The molecule has 0 aliphatic carbocycles. The van der Waals surface area contributed by atoms with Gasteiger partial charge in [-0.15, -0.1) is 0 Å². The second-order valence-electron chi connectivity index (χ2n) is 4.22. The van der Waals surface area contributed by atoms with E-state index in [4.69, 9.17) is 5.26 Å². The number of nitrogens with one attached hydrogen (secondary N) is 1. The Morgan fingerprint density at radius 2 is 2.16 bits per heavy atom. The molecule has 1 heterocycles. The van der Waals surface area contributed by atoms with Crippen molar-refractivity contribution in [3.05, 3.63) is 53.6 Å². The molecule has 0 saturated heterocycles. The predicted molar refractivity (Wildman–Crippen MR) is 69.9 cm³/mol. The van der Waals surface area contributed by atoms with Gasteiger partial charge in [0.1, 0.15) is 5.82 Å². The van der Waals surface area contributed by atoms with Gasteiger partial charge in [-0.1, -0.05) is 12.1 Å². The molecule has 5 heteroatoms. The number of nitrogens with zero attached hydrogens (tertiary/aromatic N) is 3. The third-order valence-electron chi connectivity index (χ3n) is 2.81. The molecule has 2 aromatic rings. The highest BCUT2D eigenvalue weighted by Crippen LogP contribution is 2.04. The maximum atomic E-state index is 11.8. The van der Waals surface area contributed by atoms with Crippen LogP contribution >= 0.6 is 0 Å². The minimum absolute atomic E-state index is 0.0623. The Morgan fingerprint density at radius 1 is 1.42 bits per heavy atom. The van der Waals surface area contributed by atoms with Crippen LogP contribution in [0.2, 0.25) is 0 Å². The maximum Gasteiger partial charge on any atom is 0.224 e. The molecular formula is C14H14N4O. The van der Waals surface area contributed by atoms with Crippen molar-refractivity contribution in [3.8, 4) is 6.07 Å². The fraction of sp³-hybridized carbons (Fsp3) is 0.214. The molecule has 0 saturated carbocycles. The number of imidazole rings is 1. The molecule has 19 heavy (non-hydrogen) atoms. The molecule has 0 atom stereocenters. The molecule has 1 aromatic carbocycles. The van der Waals surface area contributed by atoms with Gasteiger partial charge in [0.2, 0.25) is 5.91 Å². The summed E-state index contributed by atoms with van der Waals surface area (Å²) in [5.41, 5.74) is 1.48. The van der Waals surface area contributed by atoms with E-state index in [0.29, 0.717) is 18.5 Å². The first-order valence-corrected chi connectivity index (χ1v) is 5.91. The Kier molecular flexibility index (Phi) is 3.94. The highest BCUT2D eigenvalue weighted by atomic mass is 16.1. The Balaban J connectivity index is 1.87. The minimum atomic E-state index is -0.0623. The van der Waals surface area contributed by atoms with Gasteiger partial charge in [-0.05, 0) is 17.7 Å². The molecular weight excluding hydrogens is 240 g/mol. The Labute approximate surface area is 111 Å². The summed E-state index contributed by atoms with van der Waals surface area (Å²) >= 11 is 0. The number of carbonyl (C=O) groups excluding carboxylic acids is 1. The van der Waals surface area contributed by atoms with Gasteiger partial charge in [0.25, 0.3) is 0 Å². The van der Waals surface area contributed by atoms with E-state index in [1.807, 2.05) is 23.9 Å². The summed E-state index contributed by atoms with van der Waals surface area (Å²) in [6.07, 6.45) is 3.83. The quantitative estimate of drug-likeness (QED) is 0.889. The number of aryl methyl sites for hydroxylation is 1. The number of benzene rings is 1. The van der Waals surface area contributed by atoms with Crippen molar-refractivity contribution >= 4 is 5.91 Å². The average Bonchev–Trinajstić information content (AvgIpc) is 2.83. The number of amides is 1. The number of carbonyl (C=O) groups is 1. The summed E-state index contributed by atoms with van der Waals surface area (Å²) in [6.45, 7) is 0.415. The Morgan fingerprint density at radius 3 is 2.74 bits per heavy atom. The van der Waals surface area contributed by atoms with Crippen LogP contribution in [0.3, 0.4) is 0 Å². The van der Waals surface area contributed by atoms with Crippen LogP contribution in [-0.2, 0) is 24.8 Å². The molecule has 5 nitrogen and oxygen atoms in total. The van der Waals surface area contributed by atoms with Crippen molar-refractivity contribution in [2.75, 3.05) is 0 Å². The molecule has 0 fully saturated rings. The maximum absolute atomic E-state index is 11.8. The van der Waals surface area contributed by atoms with E-state index in [-0.39, 0.29) is 5.91 Å². The largest absolute Gasteiger partial charge is 0.349 e. The summed E-state index contributed by atoms with van der Waals surface area (Å²) in [5.74, 6) is 0.751. The van der Waals surface area contributed by atoms with Crippen LogP contribution in [0.25, 0.3) is 0 Å². The van der Waals surface area contributed by atoms with Crippen molar-refractivity contribution in [2.45, 2.75) is 13.0 Å². The van der Waals surface area contributed by atoms with Crippen molar-refractivity contribution in [1.82, 2.24) is 14.9 Å². The molecule has 0 spiro atoms. The average molecular weight is 254 g/mol. The molecule has 1 amide bonds. The SMILES string of the molecule is Cn1ccnc1CNC(=O)Cc1ccc(C#N)cc1. The first kappa shape index (κ1) is 12.8. The molecule has 0 radical (unpaired) electrons. The van der Waals surface area contributed by atoms with Crippen LogP contribution in [-0.4, -0.2) is 15.5 Å². The van der Waals surface area contributed by atoms with Gasteiger partial charge >= 0.3 is 0 Å². The predicted octanol–water partition coefficient (Wildman–Crippen LogP) is 1.15. The summed E-state index contributed by atoms with van der Waals surface area (Å²) < 4.78 is 1.86. The topological polar surface area (TPSA) is 70.7 Å². The molecule has 0 aliphatic rings. The van der Waals surface area contributed by atoms with E-state index >= 15 is 0 Å². The smallest absolute Gasteiger partial charge is 0.224 e. The lowest BCUT2D eigenvalue weighted by Gasteiger charge is -2.05. The van der Waals surface area contributed by atoms with Crippen molar-refractivity contribution in [2.24, 2.45) is 7.05 Å². The monoisotopic (exact) mass is 254 g/mol. The van der Waals surface area contributed by atoms with Crippen molar-refractivity contribution < 1.29 is 4.79 Å². The molecule has 96 valence electrons. The molecule has 0 bridgehead atoms. The lowest BCUT2D eigenvalue weighted by molar-refractivity contribution is -0.120. The zero-order chi connectivity index (χ0) is 13.7. The zero-order valence-electron chi connectivity index (χ0n) is 10.6. The van der Waals surface area contributed by atoms with E-state index in [1.165, 1.54) is 0 Å². The number of hydrogen-bond donors (Lipinski definition) is 1. The van der Waals surface area contributed by atoms with Crippen LogP contribution in [0, 0.1) is 11.3 Å². The molecule has 2 rings (SSSR count). The van der Waals surface area contributed by atoms with E-state index in [1.54, 1.807) is 30.5 Å². The minimum Gasteiger partial charge on any atom is -0.349 e. The Bertz CT molecular complexity index is 607. The standard InChI is InChI=1S/C14H14N4O/c1-18-7-6-16-13(18)10-17-14(19)8-11-2-4-12(9-15)5-3-11/h2-7H,8,10H2,1H3,(H,17,19). The lowest BCUT2D eigenvalue weighted by Crippen LogP contribution is -2.25. The highest BCUT2D eigenvalue weighted by molar-refractivity contribution is 5.78. The summed E-state index contributed by atoms with van der Waals surface area (Å²) in [5, 5.41) is 11.5. The van der Waals surface area contributed by atoms with Crippen molar-refractivity contribution in [1.29, 1.82) is 5.26 Å². The molecule has 1 N–H and O–H groups in total. The Hall–Kier alpha value is -2.61. The third kappa shape index (κ3) is 3.42. The number of aromatic nitrogens is 2. The van der Waals surface area contributed by atoms with Crippen molar-refractivity contribution in [3.63, 3.8) is 0 Å². The van der Waals surface area contributed by atoms with E-state index in [0.717, 1.165) is 11.4 Å². The highest BCUT2D eigenvalue weighted by Gasteiger charge is 2.05. The van der Waals surface area contributed by atoms with Gasteiger partial charge in [-0.25, -0.2) is 4.98 Å². The fourth-order valence-electron chi connectivity index (χ4n) is 1.69. The summed E-state index contributed by atoms with van der Waals surface area (Å²) in [4.78, 5) is 15.9. The van der Waals surface area contributed by atoms with Gasteiger partial charge in [-0.3, -0.25) is 4.79 Å². The summed E-state index contributed by atoms with van der Waals surface area (Å²) in [6, 6.07) is 9.05. The van der Waals surface area contributed by atoms with Gasteiger partial charge in [0, 0.05) is 19.4 Å². The second-order valence-corrected chi connectivity index (χ2v) is 4.22. The van der Waals surface area contributed by atoms with Gasteiger partial charge in [0.15, 0.2) is 0 Å². The van der Waals surface area contributed by atoms with Gasteiger partial charge in [0.05, 0.1) is 24.6 Å². The lowest BCUT2D eigenvalue weighted by atomic mass is 10.1. The first-order valence-electron chi connectivity index (χ1n) is 5.91. The fourth-order valence-corrected chi connectivity index (χ4v) is 1.69. The zero-order valence-corrected chi connectivity index (χ0v) is 10.6. The van der Waals surface area contributed by atoms with Crippen LogP contribution in [0.5, 0.6) is 0 Å². The summed E-state index contributed by atoms with van der Waals surface area (Å²) in [7, 11) is 1.88. The first-order chi connectivity index (χ1) is 9.19. The third-order valence-corrected chi connectivity index (χ3v) is 2.81. The molecule has 1 aromatic heterocycles. The van der Waals surface area contributed by atoms with Crippen LogP contribution in [0.1, 0.15) is 17.0 Å². The number of rotatable bonds is 4. The molecule has 0 aliphatic heterocycles. The number of hydrogen-bond acceptors (Lipinski definition) is 3. The van der Waals surface area contributed by atoms with Crippen LogP contribution in [0.15, 0.2) is 36.7 Å². The van der Waals surface area contributed by atoms with Gasteiger partial charge in [-0.2, -0.15) is 5.26 Å².